The molecule has 0 atom stereocenters. The van der Waals surface area contributed by atoms with Crippen molar-refractivity contribution in [1.29, 1.82) is 0 Å². The lowest BCUT2D eigenvalue weighted by atomic mass is 9.33. The van der Waals surface area contributed by atoms with E-state index in [0.717, 1.165) is 63.7 Å². The fourth-order valence-corrected chi connectivity index (χ4v) is 20.4. The second kappa shape index (κ2) is 26.4. The summed E-state index contributed by atoms with van der Waals surface area (Å²) in [7, 11) is 0. The van der Waals surface area contributed by atoms with Gasteiger partial charge in [-0.1, -0.05) is 312 Å². The fourth-order valence-electron chi connectivity index (χ4n) is 20.4. The number of para-hydroxylation sites is 1. The van der Waals surface area contributed by atoms with E-state index in [1.165, 1.54) is 162 Å². The summed E-state index contributed by atoms with van der Waals surface area (Å²) in [6, 6.07) is 114. The zero-order valence-electron chi connectivity index (χ0n) is 71.4. The van der Waals surface area contributed by atoms with Crippen LogP contribution >= 0.6 is 0 Å². The first kappa shape index (κ1) is 74.2. The van der Waals surface area contributed by atoms with Crippen LogP contribution < -0.4 is 26.2 Å². The molecule has 0 radical (unpaired) electrons. The van der Waals surface area contributed by atoms with Gasteiger partial charge in [-0.15, -0.1) is 0 Å². The van der Waals surface area contributed by atoms with Crippen LogP contribution in [-0.2, 0) is 37.9 Å². The summed E-state index contributed by atoms with van der Waals surface area (Å²) in [6.07, 6.45) is 4.67. The Kier molecular flexibility index (Phi) is 16.8. The van der Waals surface area contributed by atoms with E-state index in [-0.39, 0.29) is 44.6 Å². The minimum Gasteiger partial charge on any atom is -0.311 e. The molecule has 4 aliphatic rings. The smallest absolute Gasteiger partial charge is 0.252 e. The van der Waals surface area contributed by atoms with Crippen molar-refractivity contribution < 1.29 is 0 Å². The number of fused-ring (bicyclic) bond motifs is 12. The third-order valence-corrected chi connectivity index (χ3v) is 27.7. The predicted octanol–water partition coefficient (Wildman–Crippen LogP) is 28.9. The summed E-state index contributed by atoms with van der Waals surface area (Å²) in [5.74, 6) is 0. The Morgan fingerprint density at radius 2 is 0.590 bits per heavy atom. The molecule has 0 saturated heterocycles. The van der Waals surface area contributed by atoms with E-state index < -0.39 is 0 Å². The van der Waals surface area contributed by atoms with E-state index in [4.69, 9.17) is 0 Å². The lowest BCUT2D eigenvalue weighted by Crippen LogP contribution is -2.61. The average molecular weight is 1520 g/mol. The first-order valence-corrected chi connectivity index (χ1v) is 42.8. The molecule has 0 fully saturated rings. The molecule has 16 aromatic rings. The second-order valence-corrected chi connectivity index (χ2v) is 40.3. The quantitative estimate of drug-likeness (QED) is 0.134. The molecule has 0 N–H and O–H groups in total. The SMILES string of the molecule is CC(C)(C)c1cc(-c2ccc3c(c2)N(c2ccc(-c4ccc5c(c4)C(C)(C)CCC5(C)C)cc2)c2cc(-n4c5ccc(-c6ccccc6)cc5c5cc(-c6ccccc6)ccc54)cc4c2B3c2ccc(-n3c5ccccc5c5cc(C(C)(C)C)ccc53)cc2N4c2ccc(-c3ccc4c(c3)C(C)(C)CCC4(C)C)cc2)cc(C(C)(C)C)c1. The highest BCUT2D eigenvalue weighted by Gasteiger charge is 2.46. The van der Waals surface area contributed by atoms with Crippen LogP contribution in [0, 0.1) is 0 Å². The van der Waals surface area contributed by atoms with Crippen molar-refractivity contribution in [2.45, 2.75) is 181 Å². The molecule has 0 saturated carbocycles. The predicted molar refractivity (Wildman–Crippen MR) is 503 cm³/mol. The van der Waals surface area contributed by atoms with E-state index in [1.807, 2.05) is 0 Å². The van der Waals surface area contributed by atoms with Crippen LogP contribution in [0.15, 0.2) is 291 Å². The Bertz CT molecular complexity index is 6610. The van der Waals surface area contributed by atoms with Gasteiger partial charge in [0.05, 0.1) is 27.8 Å². The maximum Gasteiger partial charge on any atom is 0.252 e. The number of anilines is 6. The minimum absolute atomic E-state index is 0.0354. The third kappa shape index (κ3) is 12.3. The number of hydrogen-bond acceptors (Lipinski definition) is 2. The van der Waals surface area contributed by atoms with Crippen LogP contribution in [0.5, 0.6) is 0 Å². The molecule has 2 aromatic heterocycles. The molecule has 0 bridgehead atoms. The lowest BCUT2D eigenvalue weighted by molar-refractivity contribution is 0.332. The molecule has 0 amide bonds. The number of hydrogen-bond donors (Lipinski definition) is 0. The van der Waals surface area contributed by atoms with Crippen molar-refractivity contribution in [2.24, 2.45) is 0 Å². The largest absolute Gasteiger partial charge is 0.311 e. The first-order valence-electron chi connectivity index (χ1n) is 42.8. The summed E-state index contributed by atoms with van der Waals surface area (Å²) in [5.41, 5.74) is 39.6. The standard InChI is InChI=1S/C112H107BN4/c1-106(2,3)80-41-53-100-90(66-80)87-30-24-25-31-97(87)116(100)85-46-50-96-102(67-85)115(84-44-34-73(35-45-84)77-37-48-92-94(63-77)112(16,17)57-55-110(92,12)13)104-69-86(117-98-51-39-74(70-26-20-18-21-27-70)60-88(98)89-61-75(40-52-99(89)117)71-28-22-19-23-29-71)68-103-105(104)113(96)95-49-38-78(79-58-81(107(4,5)6)65-82(59-79)108(7,8)9)64-101(95)114(103)83-42-32-72(33-43-83)76-36-47-91-93(62-76)111(14,15)56-54-109(91,10)11/h18-53,58-69H,54-57H2,1-17H3. The molecule has 2 aliphatic carbocycles. The topological polar surface area (TPSA) is 16.3 Å². The van der Waals surface area contributed by atoms with Crippen molar-refractivity contribution in [3.05, 3.63) is 330 Å². The van der Waals surface area contributed by atoms with Crippen molar-refractivity contribution in [3.63, 3.8) is 0 Å². The molecule has 5 heteroatoms. The van der Waals surface area contributed by atoms with E-state index in [2.05, 4.69) is 428 Å². The monoisotopic (exact) mass is 1520 g/mol. The summed E-state index contributed by atoms with van der Waals surface area (Å²) in [4.78, 5) is 5.32. The van der Waals surface area contributed by atoms with Gasteiger partial charge in [-0.2, -0.15) is 0 Å². The van der Waals surface area contributed by atoms with Crippen LogP contribution in [0.3, 0.4) is 0 Å². The van der Waals surface area contributed by atoms with Crippen LogP contribution in [0.4, 0.5) is 34.1 Å². The molecule has 578 valence electrons. The minimum atomic E-state index is -0.201. The van der Waals surface area contributed by atoms with Gasteiger partial charge in [0.15, 0.2) is 0 Å². The molecule has 20 rings (SSSR count). The van der Waals surface area contributed by atoms with Crippen molar-refractivity contribution in [2.75, 3.05) is 9.80 Å². The Labute approximate surface area is 693 Å². The van der Waals surface area contributed by atoms with Crippen molar-refractivity contribution in [1.82, 2.24) is 9.13 Å². The van der Waals surface area contributed by atoms with Crippen LogP contribution in [0.2, 0.25) is 0 Å². The molecule has 0 unspecified atom stereocenters. The maximum absolute atomic E-state index is 2.66. The first-order chi connectivity index (χ1) is 55.8. The van der Waals surface area contributed by atoms with E-state index in [9.17, 15) is 0 Å². The molecule has 117 heavy (non-hydrogen) atoms. The van der Waals surface area contributed by atoms with E-state index >= 15 is 0 Å². The van der Waals surface area contributed by atoms with E-state index in [0.29, 0.717) is 0 Å². The Balaban J connectivity index is 0.890. The van der Waals surface area contributed by atoms with Gasteiger partial charge in [0.1, 0.15) is 0 Å². The van der Waals surface area contributed by atoms with Gasteiger partial charge in [0, 0.05) is 61.4 Å². The molecule has 14 aromatic carbocycles. The van der Waals surface area contributed by atoms with Gasteiger partial charge < -0.3 is 18.9 Å². The van der Waals surface area contributed by atoms with Gasteiger partial charge in [0.2, 0.25) is 0 Å². The molecule has 4 nitrogen and oxygen atoms in total. The lowest BCUT2D eigenvalue weighted by Gasteiger charge is -2.45. The Morgan fingerprint density at radius 3 is 1.08 bits per heavy atom. The average Bonchev–Trinajstić information content (AvgIpc) is 1.68. The summed E-state index contributed by atoms with van der Waals surface area (Å²) in [5, 5.41) is 4.92. The highest BCUT2D eigenvalue weighted by molar-refractivity contribution is 7.00. The summed E-state index contributed by atoms with van der Waals surface area (Å²) in [6.45, 7) is 40.5. The van der Waals surface area contributed by atoms with Gasteiger partial charge in [-0.25, -0.2) is 0 Å². The van der Waals surface area contributed by atoms with Crippen LogP contribution in [0.1, 0.15) is 182 Å². The van der Waals surface area contributed by atoms with Gasteiger partial charge in [0.25, 0.3) is 6.71 Å². The summed E-state index contributed by atoms with van der Waals surface area (Å²) >= 11 is 0. The second-order valence-electron chi connectivity index (χ2n) is 40.3. The fraction of sp³-hybridized carbons (Fsp3) is 0.250. The van der Waals surface area contributed by atoms with Gasteiger partial charge in [-0.05, 0) is 272 Å². The zero-order valence-corrected chi connectivity index (χ0v) is 71.4. The van der Waals surface area contributed by atoms with Gasteiger partial charge >= 0.3 is 0 Å². The third-order valence-electron chi connectivity index (χ3n) is 27.7. The maximum atomic E-state index is 2.66. The Morgan fingerprint density at radius 1 is 0.239 bits per heavy atom. The van der Waals surface area contributed by atoms with Gasteiger partial charge in [-0.3, -0.25) is 0 Å². The molecule has 4 heterocycles. The van der Waals surface area contributed by atoms with Crippen LogP contribution in [0.25, 0.3) is 111 Å². The number of aromatic nitrogens is 2. The highest BCUT2D eigenvalue weighted by Crippen LogP contribution is 2.53. The Hall–Kier alpha value is -11.7. The van der Waals surface area contributed by atoms with Crippen molar-refractivity contribution in [3.8, 4) is 67.0 Å². The number of benzene rings is 14. The van der Waals surface area contributed by atoms with Crippen LogP contribution in [-0.4, -0.2) is 15.8 Å². The molecular weight excluding hydrogens is 1410 g/mol. The normalized spacial score (nSPS) is 15.8. The number of nitrogens with zero attached hydrogens (tertiary/aromatic N) is 4. The summed E-state index contributed by atoms with van der Waals surface area (Å²) < 4.78 is 5.13. The van der Waals surface area contributed by atoms with E-state index in [1.54, 1.807) is 0 Å². The van der Waals surface area contributed by atoms with Crippen molar-refractivity contribution >= 4 is 101 Å². The highest BCUT2D eigenvalue weighted by atomic mass is 15.2. The molecule has 0 spiro atoms. The molecule has 2 aliphatic heterocycles. The number of rotatable bonds is 9. The molecular formula is C112H107BN4. The zero-order chi connectivity index (χ0) is 80.9.